The summed E-state index contributed by atoms with van der Waals surface area (Å²) in [5.41, 5.74) is 3.23. The second-order valence-corrected chi connectivity index (χ2v) is 7.15. The number of rotatable bonds is 6. The molecule has 0 bridgehead atoms. The van der Waals surface area contributed by atoms with Crippen molar-refractivity contribution >= 4 is 22.5 Å². The molecule has 0 atom stereocenters. The molecule has 27 heavy (non-hydrogen) atoms. The van der Waals surface area contributed by atoms with Crippen LogP contribution in [0.3, 0.4) is 0 Å². The van der Waals surface area contributed by atoms with Crippen molar-refractivity contribution in [1.29, 1.82) is 0 Å². The zero-order valence-electron chi connectivity index (χ0n) is 15.6. The minimum absolute atomic E-state index is 0.813. The van der Waals surface area contributed by atoms with Crippen LogP contribution in [0.5, 0.6) is 5.75 Å². The number of benzene rings is 3. The minimum atomic E-state index is 0.813. The summed E-state index contributed by atoms with van der Waals surface area (Å²) in [7, 11) is 0. The molecule has 0 radical (unpaired) electrons. The number of hydrogen-bond donors (Lipinski definition) is 0. The van der Waals surface area contributed by atoms with Crippen LogP contribution in [0.25, 0.3) is 0 Å². The number of aryl methyl sites for hydroxylation is 1. The molecule has 0 aromatic heterocycles. The predicted octanol–water partition coefficient (Wildman–Crippen LogP) is 7.05. The van der Waals surface area contributed by atoms with Crippen molar-refractivity contribution < 1.29 is 4.74 Å². The van der Waals surface area contributed by atoms with Gasteiger partial charge in [-0.2, -0.15) is 0 Å². The Morgan fingerprint density at radius 2 is 1.52 bits per heavy atom. The van der Waals surface area contributed by atoms with E-state index in [-0.39, 0.29) is 0 Å². The molecule has 0 aliphatic carbocycles. The standard InChI is InChI=1S/C24H23NOS/c1-3-20-14-16-21(17-15-20)25-24(27-23-12-8-5-9-13-23)19(2)18-26-22-10-6-4-7-11-22/h4-18H,3H2,1-2H3/b19-18+,25-24+. The fraction of sp³-hybridized carbons (Fsp3) is 0.125. The number of nitrogens with zero attached hydrogens (tertiary/aromatic N) is 1. The van der Waals surface area contributed by atoms with Crippen molar-refractivity contribution in [2.75, 3.05) is 0 Å². The average Bonchev–Trinajstić information content (AvgIpc) is 2.73. The van der Waals surface area contributed by atoms with Gasteiger partial charge >= 0.3 is 0 Å². The van der Waals surface area contributed by atoms with Crippen molar-refractivity contribution in [3.8, 4) is 5.75 Å². The number of aliphatic imine (C=N–C) groups is 1. The Morgan fingerprint density at radius 1 is 0.889 bits per heavy atom. The molecule has 0 unspecified atom stereocenters. The molecule has 3 aromatic rings. The van der Waals surface area contributed by atoms with Gasteiger partial charge in [0.15, 0.2) is 0 Å². The highest BCUT2D eigenvalue weighted by atomic mass is 32.2. The SMILES string of the molecule is CCc1ccc(/N=C(Sc2ccccc2)\C(C)=C\Oc2ccccc2)cc1. The Kier molecular flexibility index (Phi) is 6.89. The van der Waals surface area contributed by atoms with Crippen molar-refractivity contribution in [3.05, 3.63) is 102 Å². The summed E-state index contributed by atoms with van der Waals surface area (Å²) < 4.78 is 5.80. The Labute approximate surface area is 165 Å². The maximum Gasteiger partial charge on any atom is 0.126 e. The summed E-state index contributed by atoms with van der Waals surface area (Å²) in [6.07, 6.45) is 2.80. The molecule has 0 amide bonds. The number of thioether (sulfide) groups is 1. The van der Waals surface area contributed by atoms with Gasteiger partial charge in [-0.1, -0.05) is 67.2 Å². The molecule has 0 N–H and O–H groups in total. The molecule has 0 heterocycles. The molecule has 3 aromatic carbocycles. The highest BCUT2D eigenvalue weighted by molar-refractivity contribution is 8.14. The molecule has 0 aliphatic rings. The van der Waals surface area contributed by atoms with Crippen LogP contribution < -0.4 is 4.74 Å². The maximum atomic E-state index is 5.80. The lowest BCUT2D eigenvalue weighted by atomic mass is 10.1. The van der Waals surface area contributed by atoms with Crippen LogP contribution in [0.15, 0.2) is 107 Å². The molecule has 0 fully saturated rings. The van der Waals surface area contributed by atoms with Crippen LogP contribution in [0, 0.1) is 0 Å². The third-order valence-electron chi connectivity index (χ3n) is 3.99. The van der Waals surface area contributed by atoms with E-state index in [4.69, 9.17) is 9.73 Å². The van der Waals surface area contributed by atoms with E-state index in [1.165, 1.54) is 5.56 Å². The van der Waals surface area contributed by atoms with Gasteiger partial charge < -0.3 is 4.74 Å². The Morgan fingerprint density at radius 3 is 2.15 bits per heavy atom. The second kappa shape index (κ2) is 9.79. The number of para-hydroxylation sites is 1. The fourth-order valence-corrected chi connectivity index (χ4v) is 3.30. The van der Waals surface area contributed by atoms with E-state index in [9.17, 15) is 0 Å². The van der Waals surface area contributed by atoms with Gasteiger partial charge in [0.25, 0.3) is 0 Å². The van der Waals surface area contributed by atoms with Crippen molar-refractivity contribution in [3.63, 3.8) is 0 Å². The molecular weight excluding hydrogens is 350 g/mol. The van der Waals surface area contributed by atoms with Gasteiger partial charge in [0, 0.05) is 10.5 Å². The molecule has 136 valence electrons. The van der Waals surface area contributed by atoms with E-state index in [1.807, 2.05) is 55.5 Å². The molecule has 0 saturated carbocycles. The molecule has 3 heteroatoms. The van der Waals surface area contributed by atoms with Crippen LogP contribution in [0.4, 0.5) is 5.69 Å². The van der Waals surface area contributed by atoms with Gasteiger partial charge in [0.1, 0.15) is 10.8 Å². The lowest BCUT2D eigenvalue weighted by Gasteiger charge is -2.08. The van der Waals surface area contributed by atoms with Crippen molar-refractivity contribution in [2.24, 2.45) is 4.99 Å². The van der Waals surface area contributed by atoms with Gasteiger partial charge in [-0.05, 0) is 55.3 Å². The quantitative estimate of drug-likeness (QED) is 0.200. The maximum absolute atomic E-state index is 5.80. The van der Waals surface area contributed by atoms with Crippen LogP contribution in [0.1, 0.15) is 19.4 Å². The van der Waals surface area contributed by atoms with Gasteiger partial charge in [-0.25, -0.2) is 4.99 Å². The summed E-state index contributed by atoms with van der Waals surface area (Å²) >= 11 is 1.64. The normalized spacial score (nSPS) is 12.1. The first-order valence-electron chi connectivity index (χ1n) is 9.04. The van der Waals surface area contributed by atoms with Gasteiger partial charge in [0.2, 0.25) is 0 Å². The molecule has 0 spiro atoms. The van der Waals surface area contributed by atoms with Crippen molar-refractivity contribution in [2.45, 2.75) is 25.2 Å². The van der Waals surface area contributed by atoms with E-state index in [0.717, 1.165) is 33.4 Å². The fourth-order valence-electron chi connectivity index (χ4n) is 2.42. The second-order valence-electron chi connectivity index (χ2n) is 6.08. The molecule has 0 saturated heterocycles. The van der Waals surface area contributed by atoms with Gasteiger partial charge in [-0.15, -0.1) is 0 Å². The first kappa shape index (κ1) is 19.0. The van der Waals surface area contributed by atoms with E-state index in [0.29, 0.717) is 0 Å². The number of ether oxygens (including phenoxy) is 1. The first-order chi connectivity index (χ1) is 13.2. The summed E-state index contributed by atoms with van der Waals surface area (Å²) in [5, 5.41) is 0.918. The van der Waals surface area contributed by atoms with E-state index in [2.05, 4.69) is 43.3 Å². The molecular formula is C24H23NOS. The monoisotopic (exact) mass is 373 g/mol. The highest BCUT2D eigenvalue weighted by Gasteiger charge is 2.07. The summed E-state index contributed by atoms with van der Waals surface area (Å²) in [5.74, 6) is 0.813. The Bertz CT molecular complexity index is 900. The summed E-state index contributed by atoms with van der Waals surface area (Å²) in [4.78, 5) is 6.02. The third kappa shape index (κ3) is 5.87. The topological polar surface area (TPSA) is 21.6 Å². The van der Waals surface area contributed by atoms with Crippen LogP contribution in [0.2, 0.25) is 0 Å². The summed E-state index contributed by atoms with van der Waals surface area (Å²) in [6, 6.07) is 28.4. The largest absolute Gasteiger partial charge is 0.465 e. The van der Waals surface area contributed by atoms with Crippen LogP contribution in [-0.4, -0.2) is 5.04 Å². The zero-order valence-corrected chi connectivity index (χ0v) is 16.4. The van der Waals surface area contributed by atoms with Gasteiger partial charge in [-0.3, -0.25) is 0 Å². The average molecular weight is 374 g/mol. The number of hydrogen-bond acceptors (Lipinski definition) is 3. The molecule has 3 rings (SSSR count). The predicted molar refractivity (Wildman–Crippen MR) is 116 cm³/mol. The van der Waals surface area contributed by atoms with Gasteiger partial charge in [0.05, 0.1) is 11.9 Å². The van der Waals surface area contributed by atoms with E-state index < -0.39 is 0 Å². The Hall–Kier alpha value is -2.78. The molecule has 0 aliphatic heterocycles. The van der Waals surface area contributed by atoms with E-state index in [1.54, 1.807) is 18.0 Å². The van der Waals surface area contributed by atoms with Crippen LogP contribution in [-0.2, 0) is 6.42 Å². The Balaban J connectivity index is 1.87. The van der Waals surface area contributed by atoms with E-state index >= 15 is 0 Å². The first-order valence-corrected chi connectivity index (χ1v) is 9.85. The zero-order chi connectivity index (χ0) is 18.9. The highest BCUT2D eigenvalue weighted by Crippen LogP contribution is 2.27. The smallest absolute Gasteiger partial charge is 0.126 e. The minimum Gasteiger partial charge on any atom is -0.465 e. The third-order valence-corrected chi connectivity index (χ3v) is 5.10. The summed E-state index contributed by atoms with van der Waals surface area (Å²) in [6.45, 7) is 4.18. The van der Waals surface area contributed by atoms with Crippen molar-refractivity contribution in [1.82, 2.24) is 0 Å². The lowest BCUT2D eigenvalue weighted by Crippen LogP contribution is -1.97. The molecule has 2 nitrogen and oxygen atoms in total. The lowest BCUT2D eigenvalue weighted by molar-refractivity contribution is 0.478. The van der Waals surface area contributed by atoms with Crippen LogP contribution >= 0.6 is 11.8 Å².